The summed E-state index contributed by atoms with van der Waals surface area (Å²) in [6, 6.07) is 10.2. The highest BCUT2D eigenvalue weighted by Gasteiger charge is 2.39. The van der Waals surface area contributed by atoms with Crippen molar-refractivity contribution in [2.75, 3.05) is 13.2 Å². The third-order valence-corrected chi connectivity index (χ3v) is 3.99. The van der Waals surface area contributed by atoms with Gasteiger partial charge in [0, 0.05) is 0 Å². The third kappa shape index (κ3) is 4.48. The Morgan fingerprint density at radius 3 is 2.33 bits per heavy atom. The Hall–Kier alpha value is -2.81. The Morgan fingerprint density at radius 2 is 1.70 bits per heavy atom. The summed E-state index contributed by atoms with van der Waals surface area (Å²) in [7, 11) is 0. The van der Waals surface area contributed by atoms with E-state index in [0.717, 1.165) is 6.07 Å². The summed E-state index contributed by atoms with van der Waals surface area (Å²) in [5.74, 6) is -0.0303. The highest BCUT2D eigenvalue weighted by molar-refractivity contribution is 5.55. The topological polar surface area (TPSA) is 48.3 Å². The van der Waals surface area contributed by atoms with Gasteiger partial charge >= 0.3 is 6.18 Å². The molecule has 2 aromatic carbocycles. The standard InChI is InChI=1S/C18H17F4N3O2/c1-17(26,15-4-2-3-5-16(15)18(20,21)22)10-24-12-25(11-23-24)27-14-8-6-13(19)7-9-14/h2-9,11,26H,10,12H2,1H3. The molecule has 0 spiro atoms. The van der Waals surface area contributed by atoms with Crippen LogP contribution in [0.1, 0.15) is 18.1 Å². The molecule has 0 bridgehead atoms. The molecular formula is C18H17F4N3O2. The number of alkyl halides is 3. The number of benzene rings is 2. The molecule has 1 atom stereocenters. The molecule has 0 saturated carbocycles. The highest BCUT2D eigenvalue weighted by atomic mass is 19.4. The number of nitrogens with zero attached hydrogens (tertiary/aromatic N) is 3. The quantitative estimate of drug-likeness (QED) is 0.802. The predicted octanol–water partition coefficient (Wildman–Crippen LogP) is 3.56. The molecule has 3 rings (SSSR count). The maximum absolute atomic E-state index is 13.2. The molecule has 0 fully saturated rings. The highest BCUT2D eigenvalue weighted by Crippen LogP contribution is 2.37. The van der Waals surface area contributed by atoms with Gasteiger partial charge in [0.15, 0.2) is 5.75 Å². The van der Waals surface area contributed by atoms with Crippen molar-refractivity contribution in [1.82, 2.24) is 10.1 Å². The number of hydrogen-bond donors (Lipinski definition) is 1. The van der Waals surface area contributed by atoms with Crippen LogP contribution in [0.3, 0.4) is 0 Å². The molecule has 27 heavy (non-hydrogen) atoms. The lowest BCUT2D eigenvalue weighted by Crippen LogP contribution is -2.39. The summed E-state index contributed by atoms with van der Waals surface area (Å²) >= 11 is 0. The fourth-order valence-electron chi connectivity index (χ4n) is 2.78. The summed E-state index contributed by atoms with van der Waals surface area (Å²) in [4.78, 5) is 5.47. The molecule has 2 aromatic rings. The van der Waals surface area contributed by atoms with Crippen molar-refractivity contribution in [3.05, 3.63) is 65.5 Å². The number of β-amino-alcohol motifs (C(OH)–C–C–N with tert-alkyl or cyclic N) is 1. The van der Waals surface area contributed by atoms with E-state index in [9.17, 15) is 22.7 Å². The zero-order valence-electron chi connectivity index (χ0n) is 14.3. The monoisotopic (exact) mass is 383 g/mol. The minimum absolute atomic E-state index is 0.0850. The second kappa shape index (κ2) is 7.07. The first-order valence-corrected chi connectivity index (χ1v) is 8.03. The number of hydrazone groups is 1. The van der Waals surface area contributed by atoms with Gasteiger partial charge in [-0.25, -0.2) is 4.39 Å². The molecule has 1 unspecified atom stereocenters. The van der Waals surface area contributed by atoms with Crippen molar-refractivity contribution in [2.24, 2.45) is 5.10 Å². The van der Waals surface area contributed by atoms with Gasteiger partial charge in [0.2, 0.25) is 0 Å². The van der Waals surface area contributed by atoms with E-state index < -0.39 is 23.2 Å². The Labute approximate surface area is 153 Å². The van der Waals surface area contributed by atoms with E-state index in [1.54, 1.807) is 0 Å². The van der Waals surface area contributed by atoms with E-state index in [4.69, 9.17) is 4.84 Å². The normalized spacial score (nSPS) is 16.5. The van der Waals surface area contributed by atoms with Crippen molar-refractivity contribution in [1.29, 1.82) is 0 Å². The molecule has 1 N–H and O–H groups in total. The van der Waals surface area contributed by atoms with Gasteiger partial charge in [0.05, 0.1) is 12.1 Å². The molecule has 0 aliphatic carbocycles. The Balaban J connectivity index is 1.67. The number of aliphatic hydroxyl groups is 1. The van der Waals surface area contributed by atoms with Gasteiger partial charge in [0.1, 0.15) is 24.4 Å². The van der Waals surface area contributed by atoms with Crippen LogP contribution in [0, 0.1) is 5.82 Å². The molecule has 5 nitrogen and oxygen atoms in total. The van der Waals surface area contributed by atoms with Crippen molar-refractivity contribution >= 4 is 6.34 Å². The van der Waals surface area contributed by atoms with Crippen LogP contribution in [-0.4, -0.2) is 34.7 Å². The van der Waals surface area contributed by atoms with Gasteiger partial charge < -0.3 is 9.94 Å². The van der Waals surface area contributed by atoms with Crippen LogP contribution in [0.2, 0.25) is 0 Å². The Bertz CT molecular complexity index is 822. The minimum Gasteiger partial charge on any atom is -0.384 e. The van der Waals surface area contributed by atoms with Crippen molar-refractivity contribution in [3.63, 3.8) is 0 Å². The van der Waals surface area contributed by atoms with Gasteiger partial charge in [-0.1, -0.05) is 18.2 Å². The van der Waals surface area contributed by atoms with Crippen molar-refractivity contribution < 1.29 is 27.5 Å². The first-order valence-electron chi connectivity index (χ1n) is 8.03. The first kappa shape index (κ1) is 19.0. The van der Waals surface area contributed by atoms with Crippen LogP contribution in [-0.2, 0) is 11.8 Å². The van der Waals surface area contributed by atoms with E-state index in [2.05, 4.69) is 5.10 Å². The molecule has 0 saturated heterocycles. The lowest BCUT2D eigenvalue weighted by Gasteiger charge is -2.30. The van der Waals surface area contributed by atoms with E-state index in [1.165, 1.54) is 65.8 Å². The second-order valence-corrected chi connectivity index (χ2v) is 6.32. The minimum atomic E-state index is -4.58. The van der Waals surface area contributed by atoms with Crippen LogP contribution in [0.25, 0.3) is 0 Å². The van der Waals surface area contributed by atoms with Crippen LogP contribution < -0.4 is 4.84 Å². The lowest BCUT2D eigenvalue weighted by molar-refractivity contribution is -0.141. The second-order valence-electron chi connectivity index (χ2n) is 6.32. The average Bonchev–Trinajstić information content (AvgIpc) is 3.02. The van der Waals surface area contributed by atoms with Crippen LogP contribution in [0.15, 0.2) is 53.6 Å². The van der Waals surface area contributed by atoms with Gasteiger partial charge in [-0.15, -0.1) is 0 Å². The molecule has 0 aromatic heterocycles. The number of hydrogen-bond acceptors (Lipinski definition) is 5. The SMILES string of the molecule is CC(O)(CN1CN(Oc2ccc(F)cc2)C=N1)c1ccccc1C(F)(F)F. The number of halogens is 4. The first-order chi connectivity index (χ1) is 12.6. The van der Waals surface area contributed by atoms with Crippen LogP contribution in [0.4, 0.5) is 17.6 Å². The summed E-state index contributed by atoms with van der Waals surface area (Å²) in [6.07, 6.45) is -3.25. The van der Waals surface area contributed by atoms with Gasteiger partial charge in [0.25, 0.3) is 0 Å². The number of hydroxylamine groups is 2. The zero-order chi connectivity index (χ0) is 19.7. The van der Waals surface area contributed by atoms with Gasteiger partial charge in [-0.05, 0) is 42.8 Å². The van der Waals surface area contributed by atoms with Crippen molar-refractivity contribution in [2.45, 2.75) is 18.7 Å². The fraction of sp³-hybridized carbons (Fsp3) is 0.278. The Kier molecular flexibility index (Phi) is 4.97. The van der Waals surface area contributed by atoms with E-state index >= 15 is 0 Å². The van der Waals surface area contributed by atoms with Crippen LogP contribution in [0.5, 0.6) is 5.75 Å². The van der Waals surface area contributed by atoms with E-state index in [-0.39, 0.29) is 18.8 Å². The van der Waals surface area contributed by atoms with Gasteiger partial charge in [-0.3, -0.25) is 5.01 Å². The molecular weight excluding hydrogens is 366 g/mol. The molecule has 144 valence electrons. The summed E-state index contributed by atoms with van der Waals surface area (Å²) in [5, 5.41) is 17.4. The average molecular weight is 383 g/mol. The maximum Gasteiger partial charge on any atom is 0.416 e. The molecule has 0 amide bonds. The lowest BCUT2D eigenvalue weighted by atomic mass is 9.91. The smallest absolute Gasteiger partial charge is 0.384 e. The molecule has 1 aliphatic heterocycles. The Morgan fingerprint density at radius 1 is 1.07 bits per heavy atom. The van der Waals surface area contributed by atoms with E-state index in [0.29, 0.717) is 5.75 Å². The molecule has 1 aliphatic rings. The van der Waals surface area contributed by atoms with Crippen LogP contribution >= 0.6 is 0 Å². The van der Waals surface area contributed by atoms with E-state index in [1.807, 2.05) is 0 Å². The number of rotatable bonds is 5. The fourth-order valence-corrected chi connectivity index (χ4v) is 2.78. The third-order valence-electron chi connectivity index (χ3n) is 3.99. The molecule has 1 heterocycles. The largest absolute Gasteiger partial charge is 0.416 e. The molecule has 9 heteroatoms. The summed E-state index contributed by atoms with van der Waals surface area (Å²) < 4.78 is 52.6. The summed E-state index contributed by atoms with van der Waals surface area (Å²) in [5.41, 5.74) is -2.92. The zero-order valence-corrected chi connectivity index (χ0v) is 14.3. The predicted molar refractivity (Wildman–Crippen MR) is 89.9 cm³/mol. The maximum atomic E-state index is 13.2. The molecule has 0 radical (unpaired) electrons. The van der Waals surface area contributed by atoms with Gasteiger partial charge in [-0.2, -0.15) is 23.3 Å². The van der Waals surface area contributed by atoms with Crippen molar-refractivity contribution in [3.8, 4) is 5.75 Å². The summed E-state index contributed by atoms with van der Waals surface area (Å²) in [6.45, 7) is 1.21.